The summed E-state index contributed by atoms with van der Waals surface area (Å²) in [5.41, 5.74) is 2.49. The third-order valence-electron chi connectivity index (χ3n) is 4.88. The summed E-state index contributed by atoms with van der Waals surface area (Å²) in [7, 11) is 0. The molecule has 1 heterocycles. The smallest absolute Gasteiger partial charge is 0.326 e. The standard InChI is InChI=1S/C24H26ClN3O3S/c1-2-12-32-24-26-15-19(28(24)16-18-10-6-7-11-20(18)25)14-22(29)27-21(23(30)31)13-17-8-4-3-5-9-17/h3-11,15,21H,2,12-14,16H2,1H3,(H,27,29)(H,30,31). The van der Waals surface area contributed by atoms with Crippen LogP contribution < -0.4 is 5.32 Å². The molecule has 168 valence electrons. The zero-order chi connectivity index (χ0) is 22.9. The van der Waals surface area contributed by atoms with Crippen LogP contribution in [0.4, 0.5) is 0 Å². The number of carboxylic acid groups (broad SMARTS) is 1. The monoisotopic (exact) mass is 471 g/mol. The number of imidazole rings is 1. The van der Waals surface area contributed by atoms with E-state index in [1.165, 1.54) is 0 Å². The molecule has 1 amide bonds. The molecule has 0 fully saturated rings. The van der Waals surface area contributed by atoms with Crippen LogP contribution >= 0.6 is 23.4 Å². The van der Waals surface area contributed by atoms with Gasteiger partial charge in [0.2, 0.25) is 5.91 Å². The lowest BCUT2D eigenvalue weighted by molar-refractivity contribution is -0.141. The first-order valence-corrected chi connectivity index (χ1v) is 11.8. The molecule has 0 radical (unpaired) electrons. The SMILES string of the molecule is CCCSc1ncc(CC(=O)NC(Cc2ccccc2)C(=O)O)n1Cc1ccccc1Cl. The molecule has 2 N–H and O–H groups in total. The molecule has 0 saturated heterocycles. The minimum Gasteiger partial charge on any atom is -0.480 e. The summed E-state index contributed by atoms with van der Waals surface area (Å²) < 4.78 is 1.98. The summed E-state index contributed by atoms with van der Waals surface area (Å²) in [6.45, 7) is 2.59. The van der Waals surface area contributed by atoms with Gasteiger partial charge in [0.1, 0.15) is 6.04 Å². The van der Waals surface area contributed by atoms with E-state index in [1.54, 1.807) is 18.0 Å². The van der Waals surface area contributed by atoms with Crippen molar-refractivity contribution < 1.29 is 14.7 Å². The maximum absolute atomic E-state index is 12.8. The second-order valence-corrected chi connectivity index (χ2v) is 8.85. The molecule has 0 aliphatic carbocycles. The maximum Gasteiger partial charge on any atom is 0.326 e. The summed E-state index contributed by atoms with van der Waals surface area (Å²) in [5, 5.41) is 13.7. The predicted molar refractivity (Wildman–Crippen MR) is 127 cm³/mol. The quantitative estimate of drug-likeness (QED) is 0.404. The number of aliphatic carboxylic acids is 1. The van der Waals surface area contributed by atoms with Gasteiger partial charge < -0.3 is 15.0 Å². The molecule has 0 saturated carbocycles. The van der Waals surface area contributed by atoms with Gasteiger partial charge in [-0.2, -0.15) is 0 Å². The lowest BCUT2D eigenvalue weighted by Crippen LogP contribution is -2.43. The Morgan fingerprint density at radius 3 is 2.56 bits per heavy atom. The highest BCUT2D eigenvalue weighted by Gasteiger charge is 2.22. The number of nitrogens with zero attached hydrogens (tertiary/aromatic N) is 2. The number of hydrogen-bond acceptors (Lipinski definition) is 4. The highest BCUT2D eigenvalue weighted by Crippen LogP contribution is 2.24. The van der Waals surface area contributed by atoms with Crippen LogP contribution in [0.25, 0.3) is 0 Å². The van der Waals surface area contributed by atoms with Crippen molar-refractivity contribution in [3.05, 3.63) is 82.6 Å². The molecule has 0 spiro atoms. The predicted octanol–water partition coefficient (Wildman–Crippen LogP) is 4.44. The summed E-state index contributed by atoms with van der Waals surface area (Å²) >= 11 is 7.98. The first-order valence-electron chi connectivity index (χ1n) is 10.4. The lowest BCUT2D eigenvalue weighted by atomic mass is 10.1. The fraction of sp³-hybridized carbons (Fsp3) is 0.292. The van der Waals surface area contributed by atoms with Crippen LogP contribution in [0.3, 0.4) is 0 Å². The van der Waals surface area contributed by atoms with Crippen LogP contribution in [-0.4, -0.2) is 38.3 Å². The van der Waals surface area contributed by atoms with Gasteiger partial charge in [0.15, 0.2) is 5.16 Å². The van der Waals surface area contributed by atoms with E-state index in [0.717, 1.165) is 28.5 Å². The van der Waals surface area contributed by atoms with Crippen molar-refractivity contribution in [1.29, 1.82) is 0 Å². The van der Waals surface area contributed by atoms with Crippen molar-refractivity contribution in [1.82, 2.24) is 14.9 Å². The van der Waals surface area contributed by atoms with E-state index in [0.29, 0.717) is 17.3 Å². The number of aromatic nitrogens is 2. The van der Waals surface area contributed by atoms with Crippen LogP contribution in [0, 0.1) is 0 Å². The molecule has 1 atom stereocenters. The van der Waals surface area contributed by atoms with E-state index >= 15 is 0 Å². The summed E-state index contributed by atoms with van der Waals surface area (Å²) in [6.07, 6.45) is 2.93. The maximum atomic E-state index is 12.8. The molecule has 3 rings (SSSR count). The largest absolute Gasteiger partial charge is 0.480 e. The van der Waals surface area contributed by atoms with Gasteiger partial charge in [-0.1, -0.05) is 78.8 Å². The lowest BCUT2D eigenvalue weighted by Gasteiger charge is -2.16. The number of carbonyl (C=O) groups excluding carboxylic acids is 1. The Hall–Kier alpha value is -2.77. The van der Waals surface area contributed by atoms with Gasteiger partial charge in [-0.3, -0.25) is 4.79 Å². The van der Waals surface area contributed by atoms with Crippen LogP contribution in [-0.2, 0) is 29.0 Å². The van der Waals surface area contributed by atoms with E-state index in [4.69, 9.17) is 11.6 Å². The Labute approximate surface area is 197 Å². The van der Waals surface area contributed by atoms with Crippen LogP contribution in [0.2, 0.25) is 5.02 Å². The van der Waals surface area contributed by atoms with Gasteiger partial charge in [-0.25, -0.2) is 9.78 Å². The van der Waals surface area contributed by atoms with E-state index in [-0.39, 0.29) is 18.7 Å². The molecule has 6 nitrogen and oxygen atoms in total. The normalized spacial score (nSPS) is 11.8. The number of amides is 1. The van der Waals surface area contributed by atoms with E-state index < -0.39 is 12.0 Å². The minimum absolute atomic E-state index is 0.0305. The van der Waals surface area contributed by atoms with E-state index in [1.807, 2.05) is 59.2 Å². The number of carbonyl (C=O) groups is 2. The van der Waals surface area contributed by atoms with Gasteiger partial charge in [0, 0.05) is 29.1 Å². The third-order valence-corrected chi connectivity index (χ3v) is 6.45. The molecule has 3 aromatic rings. The van der Waals surface area contributed by atoms with Crippen molar-refractivity contribution >= 4 is 35.2 Å². The topological polar surface area (TPSA) is 84.2 Å². The van der Waals surface area contributed by atoms with Crippen molar-refractivity contribution in [3.8, 4) is 0 Å². The van der Waals surface area contributed by atoms with E-state index in [2.05, 4.69) is 17.2 Å². The molecule has 0 bridgehead atoms. The molecule has 0 aliphatic heterocycles. The highest BCUT2D eigenvalue weighted by molar-refractivity contribution is 7.99. The van der Waals surface area contributed by atoms with Crippen molar-refractivity contribution in [3.63, 3.8) is 0 Å². The summed E-state index contributed by atoms with van der Waals surface area (Å²) in [4.78, 5) is 29.0. The second-order valence-electron chi connectivity index (χ2n) is 7.38. The van der Waals surface area contributed by atoms with Gasteiger partial charge >= 0.3 is 5.97 Å². The number of nitrogens with one attached hydrogen (secondary N) is 1. The number of benzene rings is 2. The molecule has 1 aromatic heterocycles. The summed E-state index contributed by atoms with van der Waals surface area (Å²) in [5.74, 6) is -0.518. The molecule has 0 aliphatic rings. The first kappa shape index (κ1) is 23.9. The highest BCUT2D eigenvalue weighted by atomic mass is 35.5. The van der Waals surface area contributed by atoms with Crippen LogP contribution in [0.1, 0.15) is 30.2 Å². The molecule has 2 aromatic carbocycles. The van der Waals surface area contributed by atoms with Crippen molar-refractivity contribution in [2.75, 3.05) is 5.75 Å². The van der Waals surface area contributed by atoms with Crippen LogP contribution in [0.15, 0.2) is 66.0 Å². The first-order chi connectivity index (χ1) is 15.5. The van der Waals surface area contributed by atoms with Crippen molar-refractivity contribution in [2.45, 2.75) is 43.9 Å². The Bertz CT molecular complexity index is 1060. The molecule has 1 unspecified atom stereocenters. The number of rotatable bonds is 11. The number of halogens is 1. The summed E-state index contributed by atoms with van der Waals surface area (Å²) in [6, 6.07) is 15.8. The minimum atomic E-state index is -1.06. The molecular weight excluding hydrogens is 446 g/mol. The average Bonchev–Trinajstić information content (AvgIpc) is 3.15. The van der Waals surface area contributed by atoms with Crippen molar-refractivity contribution in [2.24, 2.45) is 0 Å². The zero-order valence-corrected chi connectivity index (χ0v) is 19.4. The van der Waals surface area contributed by atoms with Gasteiger partial charge in [-0.05, 0) is 23.6 Å². The number of hydrogen-bond donors (Lipinski definition) is 2. The Morgan fingerprint density at radius 2 is 1.88 bits per heavy atom. The number of carboxylic acids is 1. The van der Waals surface area contributed by atoms with Crippen LogP contribution in [0.5, 0.6) is 0 Å². The van der Waals surface area contributed by atoms with E-state index in [9.17, 15) is 14.7 Å². The van der Waals surface area contributed by atoms with Gasteiger partial charge in [0.05, 0.1) is 13.0 Å². The fourth-order valence-corrected chi connectivity index (χ4v) is 4.31. The molecule has 32 heavy (non-hydrogen) atoms. The average molecular weight is 472 g/mol. The zero-order valence-electron chi connectivity index (χ0n) is 17.8. The fourth-order valence-electron chi connectivity index (χ4n) is 3.27. The number of thioether (sulfide) groups is 1. The van der Waals surface area contributed by atoms with Gasteiger partial charge in [0.25, 0.3) is 0 Å². The molecule has 8 heteroatoms. The molecular formula is C24H26ClN3O3S. The Kier molecular flexibility index (Phi) is 8.76. The van der Waals surface area contributed by atoms with Gasteiger partial charge in [-0.15, -0.1) is 0 Å². The Morgan fingerprint density at radius 1 is 1.16 bits per heavy atom. The Balaban J connectivity index is 1.76. The third kappa shape index (κ3) is 6.61. The second kappa shape index (κ2) is 11.7.